The average Bonchev–Trinajstić information content (AvgIpc) is 3.24. The fourth-order valence-corrected chi connectivity index (χ4v) is 3.06. The number of ether oxygens (including phenoxy) is 1. The van der Waals surface area contributed by atoms with Gasteiger partial charge in [-0.15, -0.1) is 10.2 Å². The van der Waals surface area contributed by atoms with Crippen LogP contribution >= 0.6 is 0 Å². The highest BCUT2D eigenvalue weighted by Gasteiger charge is 2.06. The smallest absolute Gasteiger partial charge is 0.191 e. The van der Waals surface area contributed by atoms with Crippen molar-refractivity contribution in [1.82, 2.24) is 30.2 Å². The molecule has 0 aliphatic rings. The molecule has 0 bridgehead atoms. The van der Waals surface area contributed by atoms with Crippen LogP contribution in [0.1, 0.15) is 24.0 Å². The molecule has 0 spiro atoms. The van der Waals surface area contributed by atoms with Crippen molar-refractivity contribution in [1.29, 1.82) is 0 Å². The van der Waals surface area contributed by atoms with Gasteiger partial charge in [-0.05, 0) is 48.9 Å². The number of nitrogens with zero attached hydrogens (tertiary/aromatic N) is 5. The van der Waals surface area contributed by atoms with Gasteiger partial charge in [-0.2, -0.15) is 0 Å². The zero-order chi connectivity index (χ0) is 21.3. The molecule has 0 saturated heterocycles. The van der Waals surface area contributed by atoms with Crippen LogP contribution in [0.2, 0.25) is 0 Å². The molecule has 8 heteroatoms. The number of hydrogen-bond acceptors (Lipinski definition) is 5. The maximum Gasteiger partial charge on any atom is 0.191 e. The molecular formula is C23H25N7O. The molecule has 4 aromatic rings. The topological polar surface area (TPSA) is 88.7 Å². The minimum atomic E-state index is 0.435. The third kappa shape index (κ3) is 5.57. The highest BCUT2D eigenvalue weighted by molar-refractivity contribution is 5.79. The highest BCUT2D eigenvalue weighted by atomic mass is 16.5. The molecule has 0 radical (unpaired) electrons. The first-order valence-corrected chi connectivity index (χ1v) is 10.2. The van der Waals surface area contributed by atoms with Crippen molar-refractivity contribution >= 4 is 11.6 Å². The Morgan fingerprint density at radius 3 is 2.84 bits per heavy atom. The summed E-state index contributed by atoms with van der Waals surface area (Å²) in [7, 11) is 0. The third-order valence-corrected chi connectivity index (χ3v) is 4.57. The van der Waals surface area contributed by atoms with E-state index in [1.54, 1.807) is 6.20 Å². The van der Waals surface area contributed by atoms with Gasteiger partial charge in [0.25, 0.3) is 0 Å². The van der Waals surface area contributed by atoms with Crippen LogP contribution < -0.4 is 15.4 Å². The summed E-state index contributed by atoms with van der Waals surface area (Å²) in [6.07, 6.45) is 3.72. The average molecular weight is 416 g/mol. The van der Waals surface area contributed by atoms with Gasteiger partial charge < -0.3 is 15.4 Å². The molecule has 158 valence electrons. The van der Waals surface area contributed by atoms with Gasteiger partial charge in [-0.25, -0.2) is 4.99 Å². The van der Waals surface area contributed by atoms with Crippen LogP contribution in [-0.4, -0.2) is 32.1 Å². The van der Waals surface area contributed by atoms with E-state index in [4.69, 9.17) is 9.73 Å². The van der Waals surface area contributed by atoms with Gasteiger partial charge in [0.1, 0.15) is 12.4 Å². The summed E-state index contributed by atoms with van der Waals surface area (Å²) in [6.45, 7) is 4.28. The Labute approximate surface area is 181 Å². The summed E-state index contributed by atoms with van der Waals surface area (Å²) in [5.74, 6) is 2.34. The van der Waals surface area contributed by atoms with Crippen molar-refractivity contribution in [2.75, 3.05) is 6.54 Å². The molecule has 0 saturated carbocycles. The first-order valence-electron chi connectivity index (χ1n) is 10.2. The number of benzene rings is 1. The fraction of sp³-hybridized carbons (Fsp3) is 0.217. The first-order chi connectivity index (χ1) is 15.3. The maximum atomic E-state index is 5.86. The molecule has 0 aliphatic heterocycles. The molecule has 0 amide bonds. The monoisotopic (exact) mass is 415 g/mol. The van der Waals surface area contributed by atoms with Gasteiger partial charge in [0.15, 0.2) is 17.4 Å². The number of aromatic nitrogens is 4. The molecule has 2 N–H and O–H groups in total. The van der Waals surface area contributed by atoms with Crippen LogP contribution in [0.4, 0.5) is 0 Å². The maximum absolute atomic E-state index is 5.86. The number of guanidine groups is 1. The lowest BCUT2D eigenvalue weighted by Crippen LogP contribution is -2.37. The third-order valence-electron chi connectivity index (χ3n) is 4.57. The zero-order valence-electron chi connectivity index (χ0n) is 17.4. The minimum absolute atomic E-state index is 0.435. The number of rotatable bonds is 8. The number of pyridine rings is 2. The van der Waals surface area contributed by atoms with E-state index in [-0.39, 0.29) is 0 Å². The standard InChI is InChI=1S/C23H25N7O/c1-2-24-23(27-16-22-29-28-21-11-4-6-13-30(21)22)26-15-18-8-7-10-20(14-18)31-17-19-9-3-5-12-25-19/h3-14H,2,15-17H2,1H3,(H2,24,26,27). The lowest BCUT2D eigenvalue weighted by atomic mass is 10.2. The Hall–Kier alpha value is -3.94. The summed E-state index contributed by atoms with van der Waals surface area (Å²) in [5.41, 5.74) is 2.78. The van der Waals surface area contributed by atoms with E-state index in [2.05, 4.69) is 25.8 Å². The minimum Gasteiger partial charge on any atom is -0.487 e. The van der Waals surface area contributed by atoms with E-state index in [1.165, 1.54) is 0 Å². The van der Waals surface area contributed by atoms with E-state index < -0.39 is 0 Å². The van der Waals surface area contributed by atoms with Crippen molar-refractivity contribution < 1.29 is 4.74 Å². The summed E-state index contributed by atoms with van der Waals surface area (Å²) in [5, 5.41) is 15.0. The van der Waals surface area contributed by atoms with Gasteiger partial charge in [0, 0.05) is 18.9 Å². The van der Waals surface area contributed by atoms with Crippen LogP contribution in [0.5, 0.6) is 5.75 Å². The molecule has 3 heterocycles. The molecule has 31 heavy (non-hydrogen) atoms. The SMILES string of the molecule is CCNC(=NCc1cccc(OCc2ccccn2)c1)NCc1nnc2ccccn12. The molecule has 0 fully saturated rings. The van der Waals surface area contributed by atoms with Crippen LogP contribution in [0.25, 0.3) is 5.65 Å². The van der Waals surface area contributed by atoms with E-state index >= 15 is 0 Å². The Bertz CT molecular complexity index is 1140. The van der Waals surface area contributed by atoms with Gasteiger partial charge in [0.05, 0.1) is 18.8 Å². The molecule has 0 unspecified atom stereocenters. The number of fused-ring (bicyclic) bond motifs is 1. The Morgan fingerprint density at radius 2 is 1.97 bits per heavy atom. The molecule has 3 aromatic heterocycles. The van der Waals surface area contributed by atoms with Crippen LogP contribution in [0.3, 0.4) is 0 Å². The number of nitrogens with one attached hydrogen (secondary N) is 2. The molecule has 8 nitrogen and oxygen atoms in total. The van der Waals surface area contributed by atoms with Crippen molar-refractivity contribution in [2.24, 2.45) is 4.99 Å². The van der Waals surface area contributed by atoms with Crippen molar-refractivity contribution in [3.8, 4) is 5.75 Å². The Morgan fingerprint density at radius 1 is 1.03 bits per heavy atom. The molecule has 0 aliphatic carbocycles. The summed E-state index contributed by atoms with van der Waals surface area (Å²) < 4.78 is 7.82. The van der Waals surface area contributed by atoms with E-state index in [0.717, 1.165) is 41.0 Å². The number of aliphatic imine (C=N–C) groups is 1. The second-order valence-corrected chi connectivity index (χ2v) is 6.85. The van der Waals surface area contributed by atoms with Gasteiger partial charge in [0.2, 0.25) is 0 Å². The number of hydrogen-bond donors (Lipinski definition) is 2. The Balaban J connectivity index is 1.37. The lowest BCUT2D eigenvalue weighted by Gasteiger charge is -2.11. The van der Waals surface area contributed by atoms with E-state index in [9.17, 15) is 0 Å². The van der Waals surface area contributed by atoms with Crippen molar-refractivity contribution in [3.63, 3.8) is 0 Å². The van der Waals surface area contributed by atoms with Gasteiger partial charge in [-0.1, -0.05) is 24.3 Å². The Kier molecular flexibility index (Phi) is 6.69. The normalized spacial score (nSPS) is 11.5. The molecule has 4 rings (SSSR count). The second kappa shape index (κ2) is 10.2. The molecule has 1 aromatic carbocycles. The van der Waals surface area contributed by atoms with Gasteiger partial charge in [-0.3, -0.25) is 9.38 Å². The van der Waals surface area contributed by atoms with E-state index in [1.807, 2.05) is 78.2 Å². The van der Waals surface area contributed by atoms with Crippen LogP contribution in [-0.2, 0) is 19.7 Å². The zero-order valence-corrected chi connectivity index (χ0v) is 17.4. The molecule has 0 atom stereocenters. The van der Waals surface area contributed by atoms with Crippen LogP contribution in [0.15, 0.2) is 78.0 Å². The first kappa shape index (κ1) is 20.3. The summed E-state index contributed by atoms with van der Waals surface area (Å²) >= 11 is 0. The largest absolute Gasteiger partial charge is 0.487 e. The lowest BCUT2D eigenvalue weighted by molar-refractivity contribution is 0.301. The molecular weight excluding hydrogens is 390 g/mol. The predicted molar refractivity (Wildman–Crippen MR) is 120 cm³/mol. The predicted octanol–water partition coefficient (Wildman–Crippen LogP) is 2.96. The van der Waals surface area contributed by atoms with E-state index in [0.29, 0.717) is 19.7 Å². The van der Waals surface area contributed by atoms with Crippen molar-refractivity contribution in [3.05, 3.63) is 90.1 Å². The summed E-state index contributed by atoms with van der Waals surface area (Å²) in [4.78, 5) is 8.97. The van der Waals surface area contributed by atoms with Crippen molar-refractivity contribution in [2.45, 2.75) is 26.6 Å². The summed E-state index contributed by atoms with van der Waals surface area (Å²) in [6, 6.07) is 19.6. The second-order valence-electron chi connectivity index (χ2n) is 6.85. The fourth-order valence-electron chi connectivity index (χ4n) is 3.06. The van der Waals surface area contributed by atoms with Crippen LogP contribution in [0, 0.1) is 0 Å². The van der Waals surface area contributed by atoms with Gasteiger partial charge >= 0.3 is 0 Å². The highest BCUT2D eigenvalue weighted by Crippen LogP contribution is 2.15. The quantitative estimate of drug-likeness (QED) is 0.340.